The number of carbonyl (C=O) groups is 2. The van der Waals surface area contributed by atoms with Crippen molar-refractivity contribution in [3.05, 3.63) is 57.6 Å². The molecule has 11 nitrogen and oxygen atoms in total. The maximum atomic E-state index is 15.0. The first-order valence-electron chi connectivity index (χ1n) is 11.3. The van der Waals surface area contributed by atoms with Crippen LogP contribution in [0.4, 0.5) is 10.1 Å². The zero-order chi connectivity index (χ0) is 25.6. The molecular formula is C24H22FN3O8. The number of aromatic nitrogens is 1. The van der Waals surface area contributed by atoms with Gasteiger partial charge in [0.1, 0.15) is 11.4 Å². The molecule has 1 saturated carbocycles. The molecule has 1 saturated heterocycles. The molecule has 1 aromatic heterocycles. The largest absolute Gasteiger partial charge is 0.504 e. The highest BCUT2D eigenvalue weighted by molar-refractivity contribution is 5.96. The second-order valence-electron chi connectivity index (χ2n) is 8.67. The number of aromatic hydroxyl groups is 3. The van der Waals surface area contributed by atoms with Gasteiger partial charge >= 0.3 is 11.9 Å². The van der Waals surface area contributed by atoms with Crippen LogP contribution < -0.4 is 15.6 Å². The molecule has 2 aromatic carbocycles. The van der Waals surface area contributed by atoms with Crippen LogP contribution >= 0.6 is 0 Å². The lowest BCUT2D eigenvalue weighted by molar-refractivity contribution is -0.187. The van der Waals surface area contributed by atoms with E-state index in [9.17, 15) is 29.7 Å². The molecule has 2 aliphatic rings. The molecule has 0 atom stereocenters. The van der Waals surface area contributed by atoms with Gasteiger partial charge in [-0.15, -0.1) is 0 Å². The lowest BCUT2D eigenvalue weighted by atomic mass is 10.1. The number of carbonyl (C=O) groups excluding carboxylic acids is 2. The second kappa shape index (κ2) is 9.04. The van der Waals surface area contributed by atoms with E-state index in [2.05, 4.69) is 15.1 Å². The Balaban J connectivity index is 1.45. The molecule has 0 spiro atoms. The lowest BCUT2D eigenvalue weighted by Crippen LogP contribution is -2.43. The predicted molar refractivity (Wildman–Crippen MR) is 124 cm³/mol. The van der Waals surface area contributed by atoms with Gasteiger partial charge in [-0.1, -0.05) is 0 Å². The summed E-state index contributed by atoms with van der Waals surface area (Å²) in [6, 6.07) is 4.33. The van der Waals surface area contributed by atoms with Crippen LogP contribution in [-0.4, -0.2) is 58.0 Å². The van der Waals surface area contributed by atoms with Crippen LogP contribution in [0.15, 0.2) is 35.3 Å². The van der Waals surface area contributed by atoms with E-state index < -0.39 is 51.6 Å². The Morgan fingerprint density at radius 2 is 1.61 bits per heavy atom. The smallest absolute Gasteiger partial charge is 0.391 e. The zero-order valence-corrected chi connectivity index (χ0v) is 18.9. The summed E-state index contributed by atoms with van der Waals surface area (Å²) < 4.78 is 16.8. The summed E-state index contributed by atoms with van der Waals surface area (Å²) in [4.78, 5) is 48.9. The van der Waals surface area contributed by atoms with Crippen LogP contribution in [0.2, 0.25) is 0 Å². The number of piperazine rings is 1. The molecule has 36 heavy (non-hydrogen) atoms. The Kier molecular flexibility index (Phi) is 5.88. The maximum absolute atomic E-state index is 15.0. The molecule has 5 rings (SSSR count). The van der Waals surface area contributed by atoms with Crippen molar-refractivity contribution in [2.24, 2.45) is 0 Å². The van der Waals surface area contributed by atoms with Crippen molar-refractivity contribution in [3.8, 4) is 17.2 Å². The summed E-state index contributed by atoms with van der Waals surface area (Å²) >= 11 is 0. The first-order chi connectivity index (χ1) is 17.2. The fourth-order valence-electron chi connectivity index (χ4n) is 4.20. The number of rotatable bonds is 4. The Hall–Kier alpha value is -4.32. The van der Waals surface area contributed by atoms with E-state index in [4.69, 9.17) is 0 Å². The lowest BCUT2D eigenvalue weighted by Gasteiger charge is -2.30. The van der Waals surface area contributed by atoms with Gasteiger partial charge in [-0.05, 0) is 37.1 Å². The molecule has 12 heteroatoms. The maximum Gasteiger partial charge on any atom is 0.391 e. The highest BCUT2D eigenvalue weighted by Crippen LogP contribution is 2.38. The normalized spacial score (nSPS) is 15.6. The van der Waals surface area contributed by atoms with Gasteiger partial charge in [0.25, 0.3) is 0 Å². The number of phenols is 3. The van der Waals surface area contributed by atoms with Crippen molar-refractivity contribution in [1.29, 1.82) is 0 Å². The molecule has 1 aliphatic heterocycles. The van der Waals surface area contributed by atoms with Crippen LogP contribution in [0.25, 0.3) is 10.9 Å². The average Bonchev–Trinajstić information content (AvgIpc) is 3.71. The Morgan fingerprint density at radius 1 is 0.972 bits per heavy atom. The van der Waals surface area contributed by atoms with Crippen molar-refractivity contribution < 1.29 is 39.1 Å². The molecule has 1 aliphatic carbocycles. The Labute approximate surface area is 202 Å². The minimum absolute atomic E-state index is 0.00700. The number of fused-ring (bicyclic) bond motifs is 1. The molecule has 0 radical (unpaired) electrons. The molecule has 0 amide bonds. The number of anilines is 1. The van der Waals surface area contributed by atoms with Gasteiger partial charge in [0.05, 0.1) is 16.8 Å². The van der Waals surface area contributed by atoms with E-state index in [1.165, 1.54) is 6.20 Å². The van der Waals surface area contributed by atoms with Crippen LogP contribution in [0.1, 0.15) is 39.6 Å². The number of nitrogens with one attached hydrogen (secondary N) is 1. The summed E-state index contributed by atoms with van der Waals surface area (Å²) in [6.45, 7) is 2.64. The van der Waals surface area contributed by atoms with Crippen molar-refractivity contribution in [2.75, 3.05) is 31.1 Å². The van der Waals surface area contributed by atoms with Crippen LogP contribution in [-0.2, 0) is 9.78 Å². The van der Waals surface area contributed by atoms with Gasteiger partial charge in [-0.25, -0.2) is 23.8 Å². The third-order valence-corrected chi connectivity index (χ3v) is 6.22. The molecule has 0 unspecified atom stereocenters. The van der Waals surface area contributed by atoms with Gasteiger partial charge in [0.15, 0.2) is 17.2 Å². The highest BCUT2D eigenvalue weighted by atomic mass is 19.1. The molecule has 2 heterocycles. The zero-order valence-electron chi connectivity index (χ0n) is 18.9. The third-order valence-electron chi connectivity index (χ3n) is 6.22. The van der Waals surface area contributed by atoms with E-state index in [0.717, 1.165) is 31.0 Å². The van der Waals surface area contributed by atoms with Crippen molar-refractivity contribution in [2.45, 2.75) is 18.9 Å². The van der Waals surface area contributed by atoms with Gasteiger partial charge in [0, 0.05) is 43.8 Å². The minimum atomic E-state index is -1.27. The molecule has 4 N–H and O–H groups in total. The summed E-state index contributed by atoms with van der Waals surface area (Å²) in [7, 11) is 0. The van der Waals surface area contributed by atoms with Crippen molar-refractivity contribution in [3.63, 3.8) is 0 Å². The quantitative estimate of drug-likeness (QED) is 0.238. The van der Waals surface area contributed by atoms with Crippen LogP contribution in [0.5, 0.6) is 17.2 Å². The first-order valence-corrected chi connectivity index (χ1v) is 11.3. The van der Waals surface area contributed by atoms with Crippen LogP contribution in [0, 0.1) is 5.82 Å². The number of hydrogen-bond acceptors (Lipinski definition) is 10. The van der Waals surface area contributed by atoms with E-state index >= 15 is 4.39 Å². The van der Waals surface area contributed by atoms with Crippen LogP contribution in [0.3, 0.4) is 0 Å². The molecule has 0 bridgehead atoms. The van der Waals surface area contributed by atoms with E-state index in [0.29, 0.717) is 37.4 Å². The van der Waals surface area contributed by atoms with E-state index in [1.54, 1.807) is 10.6 Å². The SMILES string of the molecule is O=C(OOC(=O)c1cn(C2CC2)c2cc(N3CCNCC3)c(F)cc2c1=O)c1cc(O)c(O)c(O)c1. The summed E-state index contributed by atoms with van der Waals surface area (Å²) in [5, 5.41) is 31.6. The number of halogens is 1. The van der Waals surface area contributed by atoms with Gasteiger partial charge in [-0.2, -0.15) is 0 Å². The number of phenolic OH excluding ortho intramolecular Hbond substituents is 3. The molecular weight excluding hydrogens is 477 g/mol. The van der Waals surface area contributed by atoms with Crippen molar-refractivity contribution in [1.82, 2.24) is 9.88 Å². The summed E-state index contributed by atoms with van der Waals surface area (Å²) in [5.74, 6) is -5.57. The highest BCUT2D eigenvalue weighted by Gasteiger charge is 2.29. The monoisotopic (exact) mass is 499 g/mol. The fourth-order valence-corrected chi connectivity index (χ4v) is 4.20. The number of pyridine rings is 1. The number of hydrogen-bond donors (Lipinski definition) is 4. The second-order valence-corrected chi connectivity index (χ2v) is 8.67. The first kappa shape index (κ1) is 23.4. The van der Waals surface area contributed by atoms with Gasteiger partial charge in [-0.3, -0.25) is 4.79 Å². The topological polar surface area (TPSA) is 151 Å². The van der Waals surface area contributed by atoms with Crippen molar-refractivity contribution >= 4 is 28.5 Å². The predicted octanol–water partition coefficient (Wildman–Crippen LogP) is 1.93. The standard InChI is InChI=1S/C24H22FN3O8/c25-16-9-14-17(10-18(16)27-5-3-26-4-6-27)28(13-1-2-13)11-15(21(14)31)24(34)36-35-23(33)12-7-19(29)22(32)20(30)8-12/h7-11,13,26,29-30,32H,1-6H2. The number of nitrogens with zero attached hydrogens (tertiary/aromatic N) is 2. The van der Waals surface area contributed by atoms with E-state index in [-0.39, 0.29) is 11.4 Å². The fraction of sp³-hybridized carbons (Fsp3) is 0.292. The van der Waals surface area contributed by atoms with Gasteiger partial charge < -0.3 is 30.1 Å². The van der Waals surface area contributed by atoms with E-state index in [1.807, 2.05) is 4.90 Å². The average molecular weight is 499 g/mol. The Bertz CT molecular complexity index is 1420. The minimum Gasteiger partial charge on any atom is -0.504 e. The molecule has 3 aromatic rings. The third kappa shape index (κ3) is 4.26. The summed E-state index contributed by atoms with van der Waals surface area (Å²) in [6.07, 6.45) is 2.95. The van der Waals surface area contributed by atoms with Gasteiger partial charge in [0.2, 0.25) is 5.43 Å². The molecule has 188 valence electrons. The molecule has 2 fully saturated rings. The number of benzene rings is 2. The summed E-state index contributed by atoms with van der Waals surface area (Å²) in [5.41, 5.74) is -0.794. The Morgan fingerprint density at radius 3 is 2.25 bits per heavy atom.